The summed E-state index contributed by atoms with van der Waals surface area (Å²) in [6, 6.07) is 1.25. The molecule has 0 fully saturated rings. The molecular weight excluding hydrogens is 159 g/mol. The fourth-order valence-corrected chi connectivity index (χ4v) is 0. The van der Waals surface area contributed by atoms with Gasteiger partial charge in [0.2, 0.25) is 0 Å². The third-order valence-corrected chi connectivity index (χ3v) is 0. The van der Waals surface area contributed by atoms with Crippen molar-refractivity contribution >= 4 is 16.4 Å². The summed E-state index contributed by atoms with van der Waals surface area (Å²) in [6.07, 6.45) is 0. The Bertz CT molecular complexity index is 164. The maximum atomic E-state index is 8.74. The minimum atomic E-state index is -4.67. The van der Waals surface area contributed by atoms with Gasteiger partial charge in [-0.05, 0) is 0 Å². The molecule has 0 saturated carbocycles. The second-order valence-corrected chi connectivity index (χ2v) is 1.47. The van der Waals surface area contributed by atoms with Gasteiger partial charge in [0.15, 0.2) is 0 Å². The van der Waals surface area contributed by atoms with Crippen molar-refractivity contribution in [1.82, 2.24) is 0 Å². The van der Waals surface area contributed by atoms with Crippen molar-refractivity contribution in [1.29, 1.82) is 10.8 Å². The van der Waals surface area contributed by atoms with E-state index in [9.17, 15) is 0 Å². The van der Waals surface area contributed by atoms with Crippen LogP contribution in [0.3, 0.4) is 0 Å². The molecule has 0 radical (unpaired) electrons. The molecule has 0 amide bonds. The molecule has 0 rings (SSSR count). The molecular formula is CH5N2NaO4S. The zero-order valence-corrected chi connectivity index (χ0v) is 7.44. The van der Waals surface area contributed by atoms with Gasteiger partial charge in [-0.1, -0.05) is 0 Å². The topological polar surface area (TPSA) is 122 Å². The standard InChI is InChI=1S/CH2N2.Na.H2O4S.H/c2-1-3;;1-5(2,3)4;/h2-3H;;(H2,1,2,3,4);/q;+1;;-1. The molecule has 0 spiro atoms. The van der Waals surface area contributed by atoms with E-state index in [-0.39, 0.29) is 31.0 Å². The van der Waals surface area contributed by atoms with E-state index in [2.05, 4.69) is 0 Å². The quantitative estimate of drug-likeness (QED) is 0.171. The van der Waals surface area contributed by atoms with Crippen LogP contribution in [0.15, 0.2) is 0 Å². The molecule has 9 heavy (non-hydrogen) atoms. The Hall–Kier alpha value is 0.250. The van der Waals surface area contributed by atoms with Crippen molar-refractivity contribution < 1.29 is 48.5 Å². The molecule has 0 atom stereocenters. The largest absolute Gasteiger partial charge is 1.00 e. The van der Waals surface area contributed by atoms with Crippen LogP contribution < -0.4 is 29.6 Å². The summed E-state index contributed by atoms with van der Waals surface area (Å²) in [5.41, 5.74) is 0. The molecule has 0 heterocycles. The maximum absolute atomic E-state index is 8.74. The van der Waals surface area contributed by atoms with E-state index < -0.39 is 10.4 Å². The van der Waals surface area contributed by atoms with Gasteiger partial charge in [-0.15, -0.1) is 0 Å². The molecule has 0 aromatic heterocycles. The molecule has 0 saturated heterocycles. The number of hydrogen-bond donors (Lipinski definition) is 4. The molecule has 50 valence electrons. The zero-order valence-electron chi connectivity index (χ0n) is 5.62. The predicted octanol–water partition coefficient (Wildman–Crippen LogP) is -3.22. The van der Waals surface area contributed by atoms with Crippen LogP contribution in [-0.2, 0) is 10.4 Å². The molecule has 0 bridgehead atoms. The third kappa shape index (κ3) is 5160. The first-order valence-corrected chi connectivity index (χ1v) is 2.60. The average Bonchev–Trinajstić information content (AvgIpc) is 1.27. The smallest absolute Gasteiger partial charge is 1.00 e. The predicted molar refractivity (Wildman–Crippen MR) is 25.7 cm³/mol. The van der Waals surface area contributed by atoms with E-state index in [1.807, 2.05) is 0 Å². The van der Waals surface area contributed by atoms with Crippen molar-refractivity contribution in [2.75, 3.05) is 0 Å². The molecule has 6 nitrogen and oxygen atoms in total. The summed E-state index contributed by atoms with van der Waals surface area (Å²) >= 11 is 0. The summed E-state index contributed by atoms with van der Waals surface area (Å²) in [4.78, 5) is 0. The maximum Gasteiger partial charge on any atom is 1.00 e. The SMILES string of the molecule is N=C=N.O=S(=O)(O)O.[H-].[Na+]. The average molecular weight is 164 g/mol. The Morgan fingerprint density at radius 2 is 1.33 bits per heavy atom. The van der Waals surface area contributed by atoms with Gasteiger partial charge in [-0.3, -0.25) is 9.11 Å². The normalized spacial score (nSPS) is 7.33. The van der Waals surface area contributed by atoms with E-state index >= 15 is 0 Å². The number of hydrogen-bond acceptors (Lipinski definition) is 4. The molecule has 0 aliphatic carbocycles. The Morgan fingerprint density at radius 3 is 1.33 bits per heavy atom. The van der Waals surface area contributed by atoms with E-state index in [1.165, 1.54) is 6.01 Å². The minimum Gasteiger partial charge on any atom is -1.00 e. The van der Waals surface area contributed by atoms with Crippen molar-refractivity contribution in [3.63, 3.8) is 0 Å². The van der Waals surface area contributed by atoms with Crippen molar-refractivity contribution in [3.05, 3.63) is 0 Å². The van der Waals surface area contributed by atoms with Crippen LogP contribution in [-0.4, -0.2) is 23.5 Å². The van der Waals surface area contributed by atoms with Gasteiger partial charge in [0, 0.05) is 0 Å². The number of rotatable bonds is 0. The van der Waals surface area contributed by atoms with Crippen molar-refractivity contribution in [2.45, 2.75) is 0 Å². The summed E-state index contributed by atoms with van der Waals surface area (Å²) in [7, 11) is -4.67. The van der Waals surface area contributed by atoms with E-state index in [1.54, 1.807) is 0 Å². The molecule has 0 aromatic rings. The Balaban J connectivity index is -0.0000000326. The molecule has 0 unspecified atom stereocenters. The van der Waals surface area contributed by atoms with Crippen molar-refractivity contribution in [3.8, 4) is 0 Å². The van der Waals surface area contributed by atoms with Gasteiger partial charge >= 0.3 is 40.0 Å². The summed E-state index contributed by atoms with van der Waals surface area (Å²) in [5, 5.41) is 11.2. The van der Waals surface area contributed by atoms with Crippen LogP contribution in [0.2, 0.25) is 0 Å². The van der Waals surface area contributed by atoms with E-state index in [0.717, 1.165) is 0 Å². The van der Waals surface area contributed by atoms with Crippen LogP contribution >= 0.6 is 0 Å². The molecule has 0 aliphatic heterocycles. The van der Waals surface area contributed by atoms with Gasteiger partial charge in [0.1, 0.15) is 0 Å². The first-order valence-electron chi connectivity index (χ1n) is 1.20. The Kier molecular flexibility index (Phi) is 14.8. The Labute approximate surface area is 75.6 Å². The van der Waals surface area contributed by atoms with Gasteiger partial charge in [-0.25, -0.2) is 10.8 Å². The van der Waals surface area contributed by atoms with Crippen molar-refractivity contribution in [2.24, 2.45) is 0 Å². The molecule has 4 N–H and O–H groups in total. The van der Waals surface area contributed by atoms with Gasteiger partial charge in [0.05, 0.1) is 6.01 Å². The monoisotopic (exact) mass is 164 g/mol. The molecule has 0 aromatic carbocycles. The van der Waals surface area contributed by atoms with Gasteiger partial charge in [-0.2, -0.15) is 8.42 Å². The second kappa shape index (κ2) is 8.25. The van der Waals surface area contributed by atoms with Gasteiger partial charge in [0.25, 0.3) is 0 Å². The van der Waals surface area contributed by atoms with Crippen LogP contribution in [0, 0.1) is 10.8 Å². The first-order chi connectivity index (χ1) is 3.41. The third-order valence-electron chi connectivity index (χ3n) is 0. The van der Waals surface area contributed by atoms with Crippen LogP contribution in [0.4, 0.5) is 0 Å². The van der Waals surface area contributed by atoms with Crippen LogP contribution in [0.5, 0.6) is 0 Å². The second-order valence-electron chi connectivity index (χ2n) is 0.573. The number of nitrogens with one attached hydrogen (secondary N) is 2. The summed E-state index contributed by atoms with van der Waals surface area (Å²) in [5.74, 6) is 0. The molecule has 8 heteroatoms. The minimum absolute atomic E-state index is 0. The summed E-state index contributed by atoms with van der Waals surface area (Å²) < 4.78 is 31.6. The first kappa shape index (κ1) is 16.1. The van der Waals surface area contributed by atoms with E-state index in [0.29, 0.717) is 0 Å². The zero-order chi connectivity index (χ0) is 7.21. The fourth-order valence-electron chi connectivity index (χ4n) is 0. The Morgan fingerprint density at radius 1 is 1.33 bits per heavy atom. The van der Waals surface area contributed by atoms with Gasteiger partial charge < -0.3 is 1.43 Å². The van der Waals surface area contributed by atoms with Crippen LogP contribution in [0.25, 0.3) is 0 Å². The summed E-state index contributed by atoms with van der Waals surface area (Å²) in [6.45, 7) is 0. The van der Waals surface area contributed by atoms with E-state index in [4.69, 9.17) is 28.3 Å². The van der Waals surface area contributed by atoms with Crippen LogP contribution in [0.1, 0.15) is 1.43 Å². The fraction of sp³-hybridized carbons (Fsp3) is 0. The molecule has 0 aliphatic rings.